The van der Waals surface area contributed by atoms with E-state index in [9.17, 15) is 18.8 Å². The molecular weight excluding hydrogens is 593 g/mol. The van der Waals surface area contributed by atoms with Gasteiger partial charge < -0.3 is 14.8 Å². The van der Waals surface area contributed by atoms with Gasteiger partial charge in [-0.2, -0.15) is 0 Å². The molecule has 0 aliphatic heterocycles. The summed E-state index contributed by atoms with van der Waals surface area (Å²) >= 11 is 0. The topological polar surface area (TPSA) is 81.7 Å². The largest absolute Gasteiger partial charge is 0.465 e. The van der Waals surface area contributed by atoms with Gasteiger partial charge in [-0.1, -0.05) is 53.2 Å². The minimum atomic E-state index is -0.482. The van der Waals surface area contributed by atoms with Crippen LogP contribution in [-0.2, 0) is 23.9 Å². The number of esters is 2. The quantitative estimate of drug-likeness (QED) is 0.254. The van der Waals surface area contributed by atoms with Gasteiger partial charge in [-0.25, -0.2) is 4.39 Å². The Bertz CT molecular complexity index is 1470. The predicted molar refractivity (Wildman–Crippen MR) is 181 cm³/mol. The number of hydrogen-bond donors (Lipinski definition) is 1. The molecule has 0 heterocycles. The first kappa shape index (κ1) is 34.2. The van der Waals surface area contributed by atoms with Crippen molar-refractivity contribution in [3.05, 3.63) is 41.7 Å². The normalized spacial score (nSPS) is 41.9. The van der Waals surface area contributed by atoms with Crippen LogP contribution in [0.1, 0.15) is 120 Å². The highest BCUT2D eigenvalue weighted by atomic mass is 19.1. The molecule has 4 fully saturated rings. The summed E-state index contributed by atoms with van der Waals surface area (Å²) in [5.74, 6) is -0.00433. The first-order valence-corrected chi connectivity index (χ1v) is 18.0. The van der Waals surface area contributed by atoms with Gasteiger partial charge in [0.15, 0.2) is 0 Å². The Hall–Kier alpha value is -2.70. The van der Waals surface area contributed by atoms with Crippen molar-refractivity contribution in [3.8, 4) is 0 Å². The van der Waals surface area contributed by atoms with Crippen molar-refractivity contribution in [3.63, 3.8) is 0 Å². The molecular formula is C40H56FNO5. The second-order valence-corrected chi connectivity index (χ2v) is 17.8. The van der Waals surface area contributed by atoms with Crippen molar-refractivity contribution >= 4 is 23.5 Å². The lowest BCUT2D eigenvalue weighted by Crippen LogP contribution is -2.66. The average molecular weight is 650 g/mol. The first-order chi connectivity index (χ1) is 21.9. The van der Waals surface area contributed by atoms with Crippen LogP contribution in [0, 0.1) is 56.1 Å². The number of allylic oxidation sites excluding steroid dienone is 2. The number of hydrogen-bond acceptors (Lipinski definition) is 5. The zero-order valence-corrected chi connectivity index (χ0v) is 29.9. The smallest absolute Gasteiger partial charge is 0.302 e. The maximum absolute atomic E-state index is 14.4. The molecule has 0 bridgehead atoms. The fourth-order valence-corrected chi connectivity index (χ4v) is 12.1. The third kappa shape index (κ3) is 5.28. The molecule has 0 spiro atoms. The van der Waals surface area contributed by atoms with Crippen LogP contribution >= 0.6 is 0 Å². The molecule has 258 valence electrons. The highest BCUT2D eigenvalue weighted by Gasteiger charge is 2.70. The van der Waals surface area contributed by atoms with Gasteiger partial charge >= 0.3 is 11.9 Å². The van der Waals surface area contributed by atoms with E-state index in [1.54, 1.807) is 12.1 Å². The monoisotopic (exact) mass is 649 g/mol. The molecule has 47 heavy (non-hydrogen) atoms. The van der Waals surface area contributed by atoms with Crippen LogP contribution in [0.5, 0.6) is 0 Å². The van der Waals surface area contributed by atoms with E-state index in [2.05, 4.69) is 52.9 Å². The van der Waals surface area contributed by atoms with Crippen LogP contribution in [0.25, 0.3) is 0 Å². The number of ether oxygens (including phenoxy) is 2. The summed E-state index contributed by atoms with van der Waals surface area (Å²) in [6, 6.07) is 6.14. The van der Waals surface area contributed by atoms with E-state index in [4.69, 9.17) is 9.47 Å². The number of carbonyl (C=O) groups is 3. The summed E-state index contributed by atoms with van der Waals surface area (Å²) < 4.78 is 25.4. The van der Waals surface area contributed by atoms with Crippen LogP contribution in [0.15, 0.2) is 35.9 Å². The molecule has 0 saturated heterocycles. The molecule has 1 aromatic carbocycles. The lowest BCUT2D eigenvalue weighted by atomic mass is 9.33. The summed E-state index contributed by atoms with van der Waals surface area (Å²) in [6.45, 7) is 17.6. The highest BCUT2D eigenvalue weighted by Crippen LogP contribution is 2.76. The Balaban J connectivity index is 1.37. The summed E-state index contributed by atoms with van der Waals surface area (Å²) in [5, 5.41) is 3.22. The predicted octanol–water partition coefficient (Wildman–Crippen LogP) is 9.04. The second kappa shape index (κ2) is 11.4. The third-order valence-electron chi connectivity index (χ3n) is 14.8. The lowest BCUT2D eigenvalue weighted by Gasteiger charge is -2.71. The van der Waals surface area contributed by atoms with Gasteiger partial charge in [-0.3, -0.25) is 14.4 Å². The fraction of sp³-hybridized carbons (Fsp3) is 0.725. The van der Waals surface area contributed by atoms with E-state index in [0.717, 1.165) is 64.2 Å². The van der Waals surface area contributed by atoms with Crippen LogP contribution in [-0.4, -0.2) is 30.6 Å². The number of benzene rings is 1. The minimum Gasteiger partial charge on any atom is -0.465 e. The van der Waals surface area contributed by atoms with Gasteiger partial charge in [0.1, 0.15) is 18.5 Å². The first-order valence-electron chi connectivity index (χ1n) is 18.0. The number of nitrogens with one attached hydrogen (secondary N) is 1. The average Bonchev–Trinajstić information content (AvgIpc) is 2.99. The molecule has 6 nitrogen and oxygen atoms in total. The standard InChI is InChI=1S/C40H56FNO5/c1-25(43)46-24-37(6)31-15-18-39(8)32(36(31,5)17-16-33(37)47-26(2)44)14-13-29-30-23-35(3,4)19-21-40(30,22-20-38(29,39)7)34(45)42-28-11-9-27(41)10-12-28/h9-13,30-33H,14-24H2,1-8H3,(H,42,45)/t30-,31?,32-,33+,36+,37-,38-,39-,40+/m1/s1. The van der Waals surface area contributed by atoms with E-state index in [1.807, 2.05) is 0 Å². The second-order valence-electron chi connectivity index (χ2n) is 17.8. The van der Waals surface area contributed by atoms with E-state index in [1.165, 1.54) is 31.6 Å². The molecule has 6 rings (SSSR count). The Morgan fingerprint density at radius 1 is 0.851 bits per heavy atom. The Labute approximate surface area is 281 Å². The molecule has 7 heteroatoms. The summed E-state index contributed by atoms with van der Waals surface area (Å²) in [6.07, 6.45) is 11.6. The molecule has 1 aromatic rings. The number of fused-ring (bicyclic) bond motifs is 7. The van der Waals surface area contributed by atoms with Crippen molar-refractivity contribution in [2.45, 2.75) is 126 Å². The van der Waals surface area contributed by atoms with Crippen molar-refractivity contribution in [2.75, 3.05) is 11.9 Å². The molecule has 5 aliphatic carbocycles. The zero-order chi connectivity index (χ0) is 34.2. The molecule has 1 N–H and O–H groups in total. The van der Waals surface area contributed by atoms with Gasteiger partial charge in [0, 0.05) is 24.9 Å². The number of rotatable bonds is 5. The van der Waals surface area contributed by atoms with Gasteiger partial charge in [-0.15, -0.1) is 0 Å². The van der Waals surface area contributed by atoms with Gasteiger partial charge in [0.05, 0.1) is 5.41 Å². The van der Waals surface area contributed by atoms with E-state index >= 15 is 0 Å². The van der Waals surface area contributed by atoms with Crippen LogP contribution in [0.4, 0.5) is 10.1 Å². The SMILES string of the molecule is CC(=O)OC[C@]1(C)C2CC[C@]3(C)[C@H](CC=C4[C@H]5CC(C)(C)CC[C@]5(C(=O)Nc5ccc(F)cc5)CC[C@]43C)[C@@]2(C)CC[C@@H]1OC(C)=O. The fourth-order valence-electron chi connectivity index (χ4n) is 12.1. The zero-order valence-electron chi connectivity index (χ0n) is 29.9. The maximum atomic E-state index is 14.4. The molecule has 4 saturated carbocycles. The van der Waals surface area contributed by atoms with Gasteiger partial charge in [-0.05, 0) is 128 Å². The number of amides is 1. The van der Waals surface area contributed by atoms with Crippen molar-refractivity contribution in [2.24, 2.45) is 50.2 Å². The Kier molecular flexibility index (Phi) is 8.32. The van der Waals surface area contributed by atoms with Crippen molar-refractivity contribution in [1.82, 2.24) is 0 Å². The van der Waals surface area contributed by atoms with Crippen molar-refractivity contribution in [1.29, 1.82) is 0 Å². The highest BCUT2D eigenvalue weighted by molar-refractivity contribution is 5.96. The maximum Gasteiger partial charge on any atom is 0.302 e. The summed E-state index contributed by atoms with van der Waals surface area (Å²) in [4.78, 5) is 38.7. The van der Waals surface area contributed by atoms with Crippen LogP contribution < -0.4 is 5.32 Å². The lowest BCUT2D eigenvalue weighted by molar-refractivity contribution is -0.225. The number of carbonyl (C=O) groups excluding carboxylic acids is 3. The van der Waals surface area contributed by atoms with E-state index < -0.39 is 10.8 Å². The Morgan fingerprint density at radius 2 is 1.53 bits per heavy atom. The van der Waals surface area contributed by atoms with E-state index in [0.29, 0.717) is 11.6 Å². The molecule has 1 amide bonds. The van der Waals surface area contributed by atoms with Crippen LogP contribution in [0.3, 0.4) is 0 Å². The molecule has 0 radical (unpaired) electrons. The Morgan fingerprint density at radius 3 is 2.19 bits per heavy atom. The van der Waals surface area contributed by atoms with E-state index in [-0.39, 0.29) is 69.9 Å². The molecule has 1 unspecified atom stereocenters. The van der Waals surface area contributed by atoms with Gasteiger partial charge in [0.2, 0.25) is 5.91 Å². The number of halogens is 1. The van der Waals surface area contributed by atoms with Gasteiger partial charge in [0.25, 0.3) is 0 Å². The number of anilines is 1. The molecule has 9 atom stereocenters. The minimum absolute atomic E-state index is 0.0239. The van der Waals surface area contributed by atoms with Crippen LogP contribution in [0.2, 0.25) is 0 Å². The third-order valence-corrected chi connectivity index (χ3v) is 14.8. The summed E-state index contributed by atoms with van der Waals surface area (Å²) in [5.41, 5.74) is 1.28. The summed E-state index contributed by atoms with van der Waals surface area (Å²) in [7, 11) is 0. The molecule has 0 aromatic heterocycles. The molecule has 5 aliphatic rings. The van der Waals surface area contributed by atoms with Crippen molar-refractivity contribution < 1.29 is 28.2 Å².